The maximum absolute atomic E-state index is 12.0. The second-order valence-electron chi connectivity index (χ2n) is 5.68. The van der Waals surface area contributed by atoms with Gasteiger partial charge in [-0.15, -0.1) is 0 Å². The van der Waals surface area contributed by atoms with Gasteiger partial charge in [0.05, 0.1) is 18.6 Å². The van der Waals surface area contributed by atoms with E-state index in [1.807, 2.05) is 6.92 Å². The Morgan fingerprint density at radius 2 is 2.24 bits per heavy atom. The number of nitrogens with one attached hydrogen (secondary N) is 1. The molecule has 0 saturated carbocycles. The smallest absolute Gasteiger partial charge is 0.229 e. The molecule has 0 bridgehead atoms. The Labute approximate surface area is 104 Å². The highest BCUT2D eigenvalue weighted by atomic mass is 16.5. The Hall–Kier alpha value is -0.610. The zero-order chi connectivity index (χ0) is 12.9. The maximum Gasteiger partial charge on any atom is 0.229 e. The van der Waals surface area contributed by atoms with Gasteiger partial charge in [-0.05, 0) is 19.3 Å². The molecule has 1 fully saturated rings. The van der Waals surface area contributed by atoms with Gasteiger partial charge in [-0.25, -0.2) is 0 Å². The molecule has 100 valence electrons. The van der Waals surface area contributed by atoms with Gasteiger partial charge in [0.25, 0.3) is 0 Å². The molecule has 2 unspecified atom stereocenters. The van der Waals surface area contributed by atoms with Gasteiger partial charge < -0.3 is 15.8 Å². The lowest BCUT2D eigenvalue weighted by atomic mass is 9.85. The van der Waals surface area contributed by atoms with Gasteiger partial charge in [0.15, 0.2) is 0 Å². The fraction of sp³-hybridized carbons (Fsp3) is 0.923. The number of carbonyl (C=O) groups is 1. The summed E-state index contributed by atoms with van der Waals surface area (Å²) in [5.41, 5.74) is 5.35. The monoisotopic (exact) mass is 242 g/mol. The highest BCUT2D eigenvalue weighted by Gasteiger charge is 2.44. The maximum atomic E-state index is 12.0. The SMILES string of the molecule is CC(C)CCCCNC(=O)C1(C)COCC1N. The molecule has 1 aliphatic rings. The average molecular weight is 242 g/mol. The number of nitrogens with two attached hydrogens (primary N) is 1. The van der Waals surface area contributed by atoms with E-state index in [9.17, 15) is 4.79 Å². The minimum Gasteiger partial charge on any atom is -0.379 e. The van der Waals surface area contributed by atoms with Crippen molar-refractivity contribution < 1.29 is 9.53 Å². The third-order valence-electron chi connectivity index (χ3n) is 3.53. The normalized spacial score (nSPS) is 28.6. The molecule has 0 aromatic carbocycles. The molecule has 4 nitrogen and oxygen atoms in total. The first-order chi connectivity index (χ1) is 7.97. The van der Waals surface area contributed by atoms with Crippen molar-refractivity contribution in [3.8, 4) is 0 Å². The third-order valence-corrected chi connectivity index (χ3v) is 3.53. The number of rotatable bonds is 6. The van der Waals surface area contributed by atoms with Crippen LogP contribution in [0.5, 0.6) is 0 Å². The first-order valence-electron chi connectivity index (χ1n) is 6.58. The van der Waals surface area contributed by atoms with Crippen LogP contribution in [0.1, 0.15) is 40.0 Å². The van der Waals surface area contributed by atoms with Gasteiger partial charge in [-0.3, -0.25) is 4.79 Å². The summed E-state index contributed by atoms with van der Waals surface area (Å²) < 4.78 is 5.27. The molecule has 0 aromatic heterocycles. The lowest BCUT2D eigenvalue weighted by Gasteiger charge is -2.25. The Morgan fingerprint density at radius 3 is 2.76 bits per heavy atom. The zero-order valence-corrected chi connectivity index (χ0v) is 11.3. The summed E-state index contributed by atoms with van der Waals surface area (Å²) in [4.78, 5) is 12.0. The van der Waals surface area contributed by atoms with E-state index in [1.54, 1.807) is 0 Å². The summed E-state index contributed by atoms with van der Waals surface area (Å²) in [6.07, 6.45) is 3.42. The second-order valence-corrected chi connectivity index (χ2v) is 5.68. The van der Waals surface area contributed by atoms with Crippen molar-refractivity contribution >= 4 is 5.91 Å². The number of carbonyl (C=O) groups excluding carboxylic acids is 1. The Bertz CT molecular complexity index is 256. The minimum absolute atomic E-state index is 0.0343. The van der Waals surface area contributed by atoms with Crippen LogP contribution in [0.25, 0.3) is 0 Å². The molecule has 17 heavy (non-hydrogen) atoms. The first-order valence-corrected chi connectivity index (χ1v) is 6.58. The van der Waals surface area contributed by atoms with Gasteiger partial charge in [-0.1, -0.05) is 26.7 Å². The van der Waals surface area contributed by atoms with E-state index < -0.39 is 5.41 Å². The molecule has 1 heterocycles. The van der Waals surface area contributed by atoms with Crippen LogP contribution in [0.2, 0.25) is 0 Å². The lowest BCUT2D eigenvalue weighted by Crippen LogP contribution is -2.50. The van der Waals surface area contributed by atoms with Crippen LogP contribution in [0, 0.1) is 11.3 Å². The molecule has 0 aromatic rings. The van der Waals surface area contributed by atoms with Crippen LogP contribution in [0.15, 0.2) is 0 Å². The number of hydrogen-bond acceptors (Lipinski definition) is 3. The fourth-order valence-electron chi connectivity index (χ4n) is 2.00. The zero-order valence-electron chi connectivity index (χ0n) is 11.3. The molecule has 1 aliphatic heterocycles. The van der Waals surface area contributed by atoms with Gasteiger partial charge in [-0.2, -0.15) is 0 Å². The molecule has 0 spiro atoms. The van der Waals surface area contributed by atoms with Crippen molar-refractivity contribution in [2.45, 2.75) is 46.1 Å². The molecule has 3 N–H and O–H groups in total. The summed E-state index contributed by atoms with van der Waals surface area (Å²) >= 11 is 0. The largest absolute Gasteiger partial charge is 0.379 e. The van der Waals surface area contributed by atoms with Crippen molar-refractivity contribution in [2.24, 2.45) is 17.1 Å². The molecule has 0 radical (unpaired) electrons. The number of hydrogen-bond donors (Lipinski definition) is 2. The highest BCUT2D eigenvalue weighted by molar-refractivity contribution is 5.83. The van der Waals surface area contributed by atoms with Gasteiger partial charge in [0, 0.05) is 12.6 Å². The summed E-state index contributed by atoms with van der Waals surface area (Å²) in [7, 11) is 0. The topological polar surface area (TPSA) is 64.3 Å². The number of ether oxygens (including phenoxy) is 1. The molecular formula is C13H26N2O2. The van der Waals surface area contributed by atoms with E-state index in [2.05, 4.69) is 19.2 Å². The Kier molecular flexibility index (Phi) is 5.40. The van der Waals surface area contributed by atoms with Crippen LogP contribution in [-0.4, -0.2) is 31.7 Å². The predicted molar refractivity (Wildman–Crippen MR) is 68.6 cm³/mol. The van der Waals surface area contributed by atoms with E-state index in [0.29, 0.717) is 13.2 Å². The van der Waals surface area contributed by atoms with Crippen molar-refractivity contribution in [2.75, 3.05) is 19.8 Å². The standard InChI is InChI=1S/C13H26N2O2/c1-10(2)6-4-5-7-15-12(16)13(3)9-17-8-11(13)14/h10-11H,4-9,14H2,1-3H3,(H,15,16). The van der Waals surface area contributed by atoms with E-state index >= 15 is 0 Å². The van der Waals surface area contributed by atoms with Crippen molar-refractivity contribution in [3.63, 3.8) is 0 Å². The number of unbranched alkanes of at least 4 members (excludes halogenated alkanes) is 1. The molecular weight excluding hydrogens is 216 g/mol. The minimum atomic E-state index is -0.544. The Morgan fingerprint density at radius 1 is 1.53 bits per heavy atom. The summed E-state index contributed by atoms with van der Waals surface area (Å²) in [5, 5.41) is 2.97. The van der Waals surface area contributed by atoms with E-state index in [1.165, 1.54) is 6.42 Å². The Balaban J connectivity index is 2.21. The van der Waals surface area contributed by atoms with Gasteiger partial charge in [0.2, 0.25) is 5.91 Å². The molecule has 1 saturated heterocycles. The molecule has 1 amide bonds. The average Bonchev–Trinajstić information content (AvgIpc) is 2.59. The van der Waals surface area contributed by atoms with Crippen LogP contribution < -0.4 is 11.1 Å². The van der Waals surface area contributed by atoms with Crippen LogP contribution >= 0.6 is 0 Å². The lowest BCUT2D eigenvalue weighted by molar-refractivity contribution is -0.130. The first kappa shape index (κ1) is 14.5. The molecule has 1 rings (SSSR count). The predicted octanol–water partition coefficient (Wildman–Crippen LogP) is 1.29. The van der Waals surface area contributed by atoms with Crippen LogP contribution in [0.4, 0.5) is 0 Å². The van der Waals surface area contributed by atoms with Crippen LogP contribution in [-0.2, 0) is 9.53 Å². The highest BCUT2D eigenvalue weighted by Crippen LogP contribution is 2.26. The molecule has 0 aliphatic carbocycles. The third kappa shape index (κ3) is 3.96. The fourth-order valence-corrected chi connectivity index (χ4v) is 2.00. The van der Waals surface area contributed by atoms with E-state index in [0.717, 1.165) is 25.3 Å². The van der Waals surface area contributed by atoms with Crippen molar-refractivity contribution in [3.05, 3.63) is 0 Å². The number of amides is 1. The molecule has 2 atom stereocenters. The van der Waals surface area contributed by atoms with Gasteiger partial charge in [0.1, 0.15) is 0 Å². The van der Waals surface area contributed by atoms with E-state index in [4.69, 9.17) is 10.5 Å². The quantitative estimate of drug-likeness (QED) is 0.690. The summed E-state index contributed by atoms with van der Waals surface area (Å²) in [6, 6.07) is -0.182. The van der Waals surface area contributed by atoms with E-state index in [-0.39, 0.29) is 11.9 Å². The van der Waals surface area contributed by atoms with Gasteiger partial charge >= 0.3 is 0 Å². The van der Waals surface area contributed by atoms with Crippen molar-refractivity contribution in [1.29, 1.82) is 0 Å². The second kappa shape index (κ2) is 6.36. The summed E-state index contributed by atoms with van der Waals surface area (Å²) in [5.74, 6) is 0.770. The summed E-state index contributed by atoms with van der Waals surface area (Å²) in [6.45, 7) is 7.98. The molecule has 4 heteroatoms. The van der Waals surface area contributed by atoms with Crippen LogP contribution in [0.3, 0.4) is 0 Å². The van der Waals surface area contributed by atoms with Crippen molar-refractivity contribution in [1.82, 2.24) is 5.32 Å².